The Balaban J connectivity index is 1.75. The zero-order valence-electron chi connectivity index (χ0n) is 16.6. The lowest BCUT2D eigenvalue weighted by molar-refractivity contribution is -0.123. The molecule has 1 aliphatic rings. The molecule has 0 atom stereocenters. The minimum absolute atomic E-state index is 0.0663. The lowest BCUT2D eigenvalue weighted by atomic mass is 10.1. The highest BCUT2D eigenvalue weighted by Crippen LogP contribution is 2.36. The van der Waals surface area contributed by atoms with E-state index in [9.17, 15) is 9.59 Å². The molecular weight excluding hydrogens is 459 g/mol. The number of rotatable bonds is 8. The van der Waals surface area contributed by atoms with E-state index in [-0.39, 0.29) is 11.8 Å². The number of hydrogen-bond acceptors (Lipinski definition) is 6. The number of unbranched alkanes of at least 4 members (excludes halogenated alkanes) is 1. The zero-order chi connectivity index (χ0) is 22.4. The van der Waals surface area contributed by atoms with E-state index in [4.69, 9.17) is 37.9 Å². The van der Waals surface area contributed by atoms with E-state index in [0.717, 1.165) is 16.7 Å². The van der Waals surface area contributed by atoms with Crippen molar-refractivity contribution in [3.63, 3.8) is 0 Å². The van der Waals surface area contributed by atoms with Crippen molar-refractivity contribution in [3.05, 3.63) is 62.5 Å². The molecule has 0 N–H and O–H groups in total. The van der Waals surface area contributed by atoms with Gasteiger partial charge >= 0.3 is 0 Å². The number of nitrogens with zero attached hydrogens (tertiary/aromatic N) is 2. The Hall–Kier alpha value is -2.66. The lowest BCUT2D eigenvalue weighted by Gasteiger charge is -2.13. The van der Waals surface area contributed by atoms with Gasteiger partial charge in [-0.15, -0.1) is 0 Å². The highest BCUT2D eigenvalue weighted by atomic mass is 35.5. The summed E-state index contributed by atoms with van der Waals surface area (Å²) in [5, 5.41) is 9.10. The normalized spacial score (nSPS) is 14.8. The summed E-state index contributed by atoms with van der Waals surface area (Å²) in [4.78, 5) is 26.7. The van der Waals surface area contributed by atoms with Crippen molar-refractivity contribution < 1.29 is 19.1 Å². The van der Waals surface area contributed by atoms with Crippen molar-refractivity contribution in [3.8, 4) is 17.6 Å². The van der Waals surface area contributed by atoms with Crippen LogP contribution in [0.25, 0.3) is 6.08 Å². The van der Waals surface area contributed by atoms with Crippen molar-refractivity contribution in [2.24, 2.45) is 0 Å². The van der Waals surface area contributed by atoms with E-state index in [2.05, 4.69) is 6.07 Å². The van der Waals surface area contributed by atoms with Crippen LogP contribution in [0.4, 0.5) is 4.79 Å². The molecule has 1 saturated heterocycles. The third-order valence-electron chi connectivity index (χ3n) is 4.39. The minimum Gasteiger partial charge on any atom is -0.493 e. The summed E-state index contributed by atoms with van der Waals surface area (Å²) in [5.41, 5.74) is 1.32. The van der Waals surface area contributed by atoms with E-state index < -0.39 is 5.91 Å². The number of hydrogen-bond donors (Lipinski definition) is 0. The van der Waals surface area contributed by atoms with Crippen LogP contribution in [0.1, 0.15) is 24.0 Å². The van der Waals surface area contributed by atoms with E-state index in [1.165, 1.54) is 7.11 Å². The van der Waals surface area contributed by atoms with Crippen LogP contribution in [-0.4, -0.2) is 29.8 Å². The van der Waals surface area contributed by atoms with E-state index in [1.807, 2.05) is 0 Å². The van der Waals surface area contributed by atoms with Crippen LogP contribution in [0.15, 0.2) is 41.3 Å². The molecule has 6 nitrogen and oxygen atoms in total. The average Bonchev–Trinajstić information content (AvgIpc) is 3.01. The number of ether oxygens (including phenoxy) is 2. The molecule has 31 heavy (non-hydrogen) atoms. The Morgan fingerprint density at radius 2 is 1.97 bits per heavy atom. The second-order valence-corrected chi connectivity index (χ2v) is 8.36. The molecule has 9 heteroatoms. The fourth-order valence-electron chi connectivity index (χ4n) is 2.83. The molecule has 2 aromatic carbocycles. The summed E-state index contributed by atoms with van der Waals surface area (Å²) in [5.74, 6) is 0.651. The summed E-state index contributed by atoms with van der Waals surface area (Å²) < 4.78 is 11.0. The maximum atomic E-state index is 12.8. The molecule has 0 aliphatic carbocycles. The van der Waals surface area contributed by atoms with E-state index in [1.54, 1.807) is 42.5 Å². The van der Waals surface area contributed by atoms with Gasteiger partial charge < -0.3 is 9.47 Å². The van der Waals surface area contributed by atoms with Gasteiger partial charge in [0.2, 0.25) is 0 Å². The maximum Gasteiger partial charge on any atom is 0.293 e. The Bertz CT molecular complexity index is 1080. The number of methoxy groups -OCH3 is 1. The third kappa shape index (κ3) is 5.73. The van der Waals surface area contributed by atoms with Crippen LogP contribution in [0.3, 0.4) is 0 Å². The number of nitriles is 1. The smallest absolute Gasteiger partial charge is 0.293 e. The summed E-state index contributed by atoms with van der Waals surface area (Å²) in [6, 6.07) is 12.2. The first-order valence-electron chi connectivity index (χ1n) is 9.30. The largest absolute Gasteiger partial charge is 0.493 e. The molecule has 3 rings (SSSR count). The lowest BCUT2D eigenvalue weighted by Crippen LogP contribution is -2.27. The number of halogens is 2. The molecule has 0 aromatic heterocycles. The van der Waals surface area contributed by atoms with Crippen molar-refractivity contribution in [1.82, 2.24) is 4.90 Å². The molecular formula is C22H18Cl2N2O4S. The van der Waals surface area contributed by atoms with Crippen LogP contribution in [0, 0.1) is 11.3 Å². The van der Waals surface area contributed by atoms with Crippen LogP contribution in [-0.2, 0) is 11.3 Å². The van der Waals surface area contributed by atoms with Crippen molar-refractivity contribution in [2.75, 3.05) is 13.7 Å². The Morgan fingerprint density at radius 3 is 2.68 bits per heavy atom. The first kappa shape index (κ1) is 23.0. The maximum absolute atomic E-state index is 12.8. The Kier molecular flexibility index (Phi) is 7.85. The predicted molar refractivity (Wildman–Crippen MR) is 121 cm³/mol. The number of imide groups is 1. The quantitative estimate of drug-likeness (QED) is 0.347. The topological polar surface area (TPSA) is 79.6 Å². The van der Waals surface area contributed by atoms with Crippen molar-refractivity contribution in [2.45, 2.75) is 19.4 Å². The third-order valence-corrected chi connectivity index (χ3v) is 5.89. The van der Waals surface area contributed by atoms with Gasteiger partial charge in [0.25, 0.3) is 11.1 Å². The second-order valence-electron chi connectivity index (χ2n) is 6.52. The standard InChI is InChI=1S/C22H18Cl2N2O4S/c1-29-19-10-14(4-7-18(19)30-9-3-2-8-25)11-20-21(27)26(22(28)31-20)13-15-5-6-16(23)12-17(15)24/h4-7,10-12H,2-3,9,13H2,1H3. The second kappa shape index (κ2) is 10.6. The molecule has 0 saturated carbocycles. The molecule has 0 radical (unpaired) electrons. The Morgan fingerprint density at radius 1 is 1.16 bits per heavy atom. The number of carbonyl (C=O) groups excluding carboxylic acids is 2. The van der Waals surface area contributed by atoms with Crippen molar-refractivity contribution >= 4 is 52.2 Å². The molecule has 0 bridgehead atoms. The fraction of sp³-hybridized carbons (Fsp3) is 0.227. The van der Waals surface area contributed by atoms with Crippen LogP contribution in [0.2, 0.25) is 10.0 Å². The van der Waals surface area contributed by atoms with Crippen LogP contribution < -0.4 is 9.47 Å². The van der Waals surface area contributed by atoms with E-state index in [0.29, 0.717) is 57.0 Å². The van der Waals surface area contributed by atoms with Gasteiger partial charge in [-0.25, -0.2) is 0 Å². The SMILES string of the molecule is COc1cc(C=C2SC(=O)N(Cc3ccc(Cl)cc3Cl)C2=O)ccc1OCCCC#N. The number of benzene rings is 2. The Labute approximate surface area is 194 Å². The van der Waals surface area contributed by atoms with Crippen LogP contribution >= 0.6 is 35.0 Å². The molecule has 160 valence electrons. The fourth-order valence-corrected chi connectivity index (χ4v) is 4.14. The van der Waals surface area contributed by atoms with Gasteiger partial charge in [0, 0.05) is 16.5 Å². The highest BCUT2D eigenvalue weighted by molar-refractivity contribution is 8.18. The highest BCUT2D eigenvalue weighted by Gasteiger charge is 2.35. The van der Waals surface area contributed by atoms with Gasteiger partial charge in [-0.1, -0.05) is 35.3 Å². The van der Waals surface area contributed by atoms with Gasteiger partial charge in [-0.2, -0.15) is 5.26 Å². The first-order chi connectivity index (χ1) is 14.9. The summed E-state index contributed by atoms with van der Waals surface area (Å²) in [6.07, 6.45) is 2.67. The molecule has 2 amide bonds. The van der Waals surface area contributed by atoms with Gasteiger partial charge in [0.15, 0.2) is 11.5 Å². The molecule has 1 heterocycles. The van der Waals surface area contributed by atoms with Crippen molar-refractivity contribution in [1.29, 1.82) is 5.26 Å². The summed E-state index contributed by atoms with van der Waals surface area (Å²) >= 11 is 12.9. The van der Waals surface area contributed by atoms with Crippen LogP contribution in [0.5, 0.6) is 11.5 Å². The summed E-state index contributed by atoms with van der Waals surface area (Å²) in [7, 11) is 1.52. The number of amides is 2. The first-order valence-corrected chi connectivity index (χ1v) is 10.9. The average molecular weight is 477 g/mol. The molecule has 0 spiro atoms. The van der Waals surface area contributed by atoms with Gasteiger partial charge in [-0.05, 0) is 59.7 Å². The number of carbonyl (C=O) groups is 2. The van der Waals surface area contributed by atoms with Gasteiger partial charge in [0.05, 0.1) is 31.2 Å². The monoisotopic (exact) mass is 476 g/mol. The minimum atomic E-state index is -0.392. The predicted octanol–water partition coefficient (Wildman–Crippen LogP) is 5.92. The molecule has 1 aliphatic heterocycles. The van der Waals surface area contributed by atoms with Gasteiger partial charge in [-0.3, -0.25) is 14.5 Å². The van der Waals surface area contributed by atoms with E-state index >= 15 is 0 Å². The summed E-state index contributed by atoms with van der Waals surface area (Å²) in [6.45, 7) is 0.465. The molecule has 2 aromatic rings. The van der Waals surface area contributed by atoms with Gasteiger partial charge in [0.1, 0.15) is 0 Å². The zero-order valence-corrected chi connectivity index (χ0v) is 18.9. The molecule has 1 fully saturated rings. The molecule has 0 unspecified atom stereocenters. The number of thioether (sulfide) groups is 1.